The molecule has 1 atom stereocenters. The van der Waals surface area contributed by atoms with Crippen molar-refractivity contribution in [2.75, 3.05) is 25.9 Å². The molecule has 1 aliphatic rings. The zero-order valence-electron chi connectivity index (χ0n) is 12.1. The molecule has 0 spiro atoms. The lowest BCUT2D eigenvalue weighted by molar-refractivity contribution is 0.0948. The maximum Gasteiger partial charge on any atom is 0.251 e. The number of carbonyl (C=O) groups is 1. The summed E-state index contributed by atoms with van der Waals surface area (Å²) in [5, 5.41) is 3.40. The highest BCUT2D eigenvalue weighted by atomic mass is 35.5. The van der Waals surface area contributed by atoms with E-state index >= 15 is 0 Å². The average Bonchev–Trinajstić information content (AvgIpc) is 2.88. The van der Waals surface area contributed by atoms with Gasteiger partial charge >= 0.3 is 0 Å². The first-order valence-corrected chi connectivity index (χ1v) is 8.99. The van der Waals surface area contributed by atoms with Gasteiger partial charge in [0, 0.05) is 30.2 Å². The second kappa shape index (κ2) is 6.34. The fourth-order valence-corrected chi connectivity index (χ4v) is 3.44. The summed E-state index contributed by atoms with van der Waals surface area (Å²) in [4.78, 5) is 12.0. The Morgan fingerprint density at radius 1 is 1.48 bits per heavy atom. The van der Waals surface area contributed by atoms with Crippen molar-refractivity contribution in [1.29, 1.82) is 0 Å². The summed E-state index contributed by atoms with van der Waals surface area (Å²) in [6.07, 6.45) is 1.98. The van der Waals surface area contributed by atoms with E-state index in [2.05, 4.69) is 5.32 Å². The number of halogens is 1. The van der Waals surface area contributed by atoms with Crippen LogP contribution in [0.1, 0.15) is 22.3 Å². The molecule has 0 saturated carbocycles. The number of rotatable bonds is 4. The summed E-state index contributed by atoms with van der Waals surface area (Å²) >= 11 is 6.00. The van der Waals surface area contributed by atoms with Crippen molar-refractivity contribution >= 4 is 27.5 Å². The highest BCUT2D eigenvalue weighted by Gasteiger charge is 2.28. The van der Waals surface area contributed by atoms with Gasteiger partial charge in [-0.2, -0.15) is 0 Å². The SMILES string of the molecule is Cc1ccc(C(=O)NC[C@H]2CCN(S(C)(=O)=O)C2)cc1Cl. The van der Waals surface area contributed by atoms with Crippen LogP contribution in [0.25, 0.3) is 0 Å². The monoisotopic (exact) mass is 330 g/mol. The van der Waals surface area contributed by atoms with Crippen LogP contribution in [0.2, 0.25) is 5.02 Å². The molecule has 1 N–H and O–H groups in total. The van der Waals surface area contributed by atoms with E-state index in [1.54, 1.807) is 18.2 Å². The Morgan fingerprint density at radius 3 is 2.76 bits per heavy atom. The third-order valence-corrected chi connectivity index (χ3v) is 5.38. The maximum absolute atomic E-state index is 12.0. The first kappa shape index (κ1) is 16.3. The van der Waals surface area contributed by atoms with Gasteiger partial charge in [0.25, 0.3) is 5.91 Å². The minimum atomic E-state index is -3.13. The molecule has 1 aromatic rings. The summed E-state index contributed by atoms with van der Waals surface area (Å²) in [6.45, 7) is 3.34. The van der Waals surface area contributed by atoms with Gasteiger partial charge in [-0.1, -0.05) is 17.7 Å². The van der Waals surface area contributed by atoms with Gasteiger partial charge in [-0.05, 0) is 37.0 Å². The standard InChI is InChI=1S/C14H19ClN2O3S/c1-10-3-4-12(7-13(10)15)14(18)16-8-11-5-6-17(9-11)21(2,19)20/h3-4,7,11H,5-6,8-9H2,1-2H3,(H,16,18)/t11-/m1/s1. The molecule has 1 amide bonds. The van der Waals surface area contributed by atoms with Gasteiger partial charge in [-0.25, -0.2) is 12.7 Å². The molecule has 2 rings (SSSR count). The van der Waals surface area contributed by atoms with Crippen molar-refractivity contribution in [2.45, 2.75) is 13.3 Å². The molecule has 0 aromatic heterocycles. The van der Waals surface area contributed by atoms with Crippen LogP contribution in [0.3, 0.4) is 0 Å². The van der Waals surface area contributed by atoms with Gasteiger partial charge in [-0.3, -0.25) is 4.79 Å². The Kier molecular flexibility index (Phi) is 4.91. The van der Waals surface area contributed by atoms with E-state index < -0.39 is 10.0 Å². The van der Waals surface area contributed by atoms with Crippen molar-refractivity contribution in [2.24, 2.45) is 5.92 Å². The number of nitrogens with zero attached hydrogens (tertiary/aromatic N) is 1. The molecular formula is C14H19ClN2O3S. The van der Waals surface area contributed by atoms with Gasteiger partial charge in [0.05, 0.1) is 6.26 Å². The molecule has 0 aliphatic carbocycles. The lowest BCUT2D eigenvalue weighted by atomic mass is 10.1. The largest absolute Gasteiger partial charge is 0.352 e. The fraction of sp³-hybridized carbons (Fsp3) is 0.500. The van der Waals surface area contributed by atoms with Crippen LogP contribution in [0.5, 0.6) is 0 Å². The van der Waals surface area contributed by atoms with E-state index in [1.807, 2.05) is 6.92 Å². The van der Waals surface area contributed by atoms with Crippen molar-refractivity contribution in [3.8, 4) is 0 Å². The predicted molar refractivity (Wildman–Crippen MR) is 83.0 cm³/mol. The molecule has 0 bridgehead atoms. The molecule has 1 fully saturated rings. The average molecular weight is 331 g/mol. The van der Waals surface area contributed by atoms with Crippen molar-refractivity contribution < 1.29 is 13.2 Å². The summed E-state index contributed by atoms with van der Waals surface area (Å²) in [5.74, 6) is -0.0284. The summed E-state index contributed by atoms with van der Waals surface area (Å²) < 4.78 is 24.3. The van der Waals surface area contributed by atoms with Crippen LogP contribution in [-0.2, 0) is 10.0 Å². The number of amides is 1. The van der Waals surface area contributed by atoms with Crippen LogP contribution in [0.15, 0.2) is 18.2 Å². The second-order valence-corrected chi connectivity index (χ2v) is 7.84. The van der Waals surface area contributed by atoms with E-state index in [9.17, 15) is 13.2 Å². The minimum absolute atomic E-state index is 0.157. The lowest BCUT2D eigenvalue weighted by Gasteiger charge is -2.14. The molecule has 1 saturated heterocycles. The highest BCUT2D eigenvalue weighted by Crippen LogP contribution is 2.19. The Morgan fingerprint density at radius 2 is 2.19 bits per heavy atom. The Bertz CT molecular complexity index is 646. The highest BCUT2D eigenvalue weighted by molar-refractivity contribution is 7.88. The maximum atomic E-state index is 12.0. The number of benzene rings is 1. The van der Waals surface area contributed by atoms with Crippen molar-refractivity contribution in [3.05, 3.63) is 34.3 Å². The normalized spacial score (nSPS) is 19.7. The van der Waals surface area contributed by atoms with E-state index in [0.717, 1.165) is 12.0 Å². The van der Waals surface area contributed by atoms with Crippen molar-refractivity contribution in [1.82, 2.24) is 9.62 Å². The Labute approximate surface area is 130 Å². The third kappa shape index (κ3) is 4.18. The molecule has 1 aliphatic heterocycles. The molecule has 21 heavy (non-hydrogen) atoms. The predicted octanol–water partition coefficient (Wildman–Crippen LogP) is 1.66. The summed E-state index contributed by atoms with van der Waals surface area (Å²) in [7, 11) is -3.13. The quantitative estimate of drug-likeness (QED) is 0.913. The zero-order chi connectivity index (χ0) is 15.6. The van der Waals surface area contributed by atoms with E-state index in [4.69, 9.17) is 11.6 Å². The van der Waals surface area contributed by atoms with Crippen LogP contribution >= 0.6 is 11.6 Å². The number of aryl methyl sites for hydroxylation is 1. The third-order valence-electron chi connectivity index (χ3n) is 3.70. The van der Waals surface area contributed by atoms with Crippen molar-refractivity contribution in [3.63, 3.8) is 0 Å². The van der Waals surface area contributed by atoms with Gasteiger partial charge in [-0.15, -0.1) is 0 Å². The summed E-state index contributed by atoms with van der Waals surface area (Å²) in [5.41, 5.74) is 1.44. The molecule has 7 heteroatoms. The molecule has 116 valence electrons. The van der Waals surface area contributed by atoms with Gasteiger partial charge in [0.1, 0.15) is 0 Å². The van der Waals surface area contributed by atoms with Crippen LogP contribution in [0.4, 0.5) is 0 Å². The molecule has 1 heterocycles. The molecular weight excluding hydrogens is 312 g/mol. The fourth-order valence-electron chi connectivity index (χ4n) is 2.34. The molecule has 1 aromatic carbocycles. The first-order valence-electron chi connectivity index (χ1n) is 6.77. The first-order chi connectivity index (χ1) is 9.77. The van der Waals surface area contributed by atoms with Crippen LogP contribution < -0.4 is 5.32 Å². The number of sulfonamides is 1. The Hall–Kier alpha value is -1.11. The topological polar surface area (TPSA) is 66.5 Å². The number of nitrogens with one attached hydrogen (secondary N) is 1. The summed E-state index contributed by atoms with van der Waals surface area (Å²) in [6, 6.07) is 5.18. The van der Waals surface area contributed by atoms with Gasteiger partial charge in [0.2, 0.25) is 10.0 Å². The smallest absolute Gasteiger partial charge is 0.251 e. The lowest BCUT2D eigenvalue weighted by Crippen LogP contribution is -2.32. The minimum Gasteiger partial charge on any atom is -0.352 e. The van der Waals surface area contributed by atoms with E-state index in [-0.39, 0.29) is 11.8 Å². The molecule has 5 nitrogen and oxygen atoms in total. The number of hydrogen-bond donors (Lipinski definition) is 1. The molecule has 0 unspecified atom stereocenters. The van der Waals surface area contributed by atoms with E-state index in [1.165, 1.54) is 10.6 Å². The zero-order valence-corrected chi connectivity index (χ0v) is 13.7. The van der Waals surface area contributed by atoms with Gasteiger partial charge in [0.15, 0.2) is 0 Å². The number of carbonyl (C=O) groups excluding carboxylic acids is 1. The second-order valence-electron chi connectivity index (χ2n) is 5.45. The number of hydrogen-bond acceptors (Lipinski definition) is 3. The van der Waals surface area contributed by atoms with Crippen LogP contribution in [0, 0.1) is 12.8 Å². The van der Waals surface area contributed by atoms with Crippen LogP contribution in [-0.4, -0.2) is 44.5 Å². The molecule has 0 radical (unpaired) electrons. The Balaban J connectivity index is 1.89. The van der Waals surface area contributed by atoms with Gasteiger partial charge < -0.3 is 5.32 Å². The van der Waals surface area contributed by atoms with E-state index in [0.29, 0.717) is 30.2 Å².